The summed E-state index contributed by atoms with van der Waals surface area (Å²) in [7, 11) is -3.89. The molecule has 1 aromatic carbocycles. The first-order valence-electron chi connectivity index (χ1n) is 5.42. The summed E-state index contributed by atoms with van der Waals surface area (Å²) in [5, 5.41) is 8.84. The standard InChI is InChI=1S/C11H15ClFNO3S/c1-8(4-5-15)7-14-18(16,17)11-3-2-9(12)6-10(11)13/h2-3,6,8,14-15H,4-5,7H2,1H3. The highest BCUT2D eigenvalue weighted by molar-refractivity contribution is 7.89. The van der Waals surface area contributed by atoms with Gasteiger partial charge in [0.25, 0.3) is 0 Å². The molecule has 0 aliphatic heterocycles. The van der Waals surface area contributed by atoms with Crippen LogP contribution in [0, 0.1) is 11.7 Å². The van der Waals surface area contributed by atoms with Crippen molar-refractivity contribution in [3.63, 3.8) is 0 Å². The molecule has 0 amide bonds. The zero-order valence-electron chi connectivity index (χ0n) is 9.86. The van der Waals surface area contributed by atoms with Crippen molar-refractivity contribution < 1.29 is 17.9 Å². The average Bonchev–Trinajstić information content (AvgIpc) is 2.26. The topological polar surface area (TPSA) is 66.4 Å². The van der Waals surface area contributed by atoms with E-state index in [2.05, 4.69) is 4.72 Å². The van der Waals surface area contributed by atoms with Gasteiger partial charge < -0.3 is 5.11 Å². The predicted octanol–water partition coefficient (Wildman–Crippen LogP) is 1.78. The number of nitrogens with one attached hydrogen (secondary N) is 1. The molecule has 1 rings (SSSR count). The van der Waals surface area contributed by atoms with E-state index in [0.29, 0.717) is 6.42 Å². The zero-order chi connectivity index (χ0) is 13.8. The summed E-state index contributed by atoms with van der Waals surface area (Å²) >= 11 is 5.55. The molecule has 18 heavy (non-hydrogen) atoms. The fourth-order valence-corrected chi connectivity index (χ4v) is 2.73. The maximum atomic E-state index is 13.5. The van der Waals surface area contributed by atoms with Crippen LogP contribution in [0.25, 0.3) is 0 Å². The van der Waals surface area contributed by atoms with Gasteiger partial charge in [0, 0.05) is 18.2 Å². The monoisotopic (exact) mass is 295 g/mol. The molecule has 4 nitrogen and oxygen atoms in total. The molecule has 0 aliphatic carbocycles. The molecule has 0 heterocycles. The van der Waals surface area contributed by atoms with Gasteiger partial charge >= 0.3 is 0 Å². The van der Waals surface area contributed by atoms with E-state index in [1.165, 1.54) is 6.07 Å². The van der Waals surface area contributed by atoms with Gasteiger partial charge in [-0.1, -0.05) is 18.5 Å². The second-order valence-corrected chi connectivity index (χ2v) is 6.22. The maximum absolute atomic E-state index is 13.5. The molecule has 0 fully saturated rings. The van der Waals surface area contributed by atoms with Crippen molar-refractivity contribution in [2.75, 3.05) is 13.2 Å². The fourth-order valence-electron chi connectivity index (χ4n) is 1.35. The van der Waals surface area contributed by atoms with Crippen LogP contribution in [0.15, 0.2) is 23.1 Å². The lowest BCUT2D eigenvalue weighted by Gasteiger charge is -2.12. The number of aliphatic hydroxyl groups excluding tert-OH is 1. The molecule has 102 valence electrons. The SMILES string of the molecule is CC(CCO)CNS(=O)(=O)c1ccc(Cl)cc1F. The summed E-state index contributed by atoms with van der Waals surface area (Å²) in [6.45, 7) is 1.92. The zero-order valence-corrected chi connectivity index (χ0v) is 11.4. The molecule has 1 unspecified atom stereocenters. The molecule has 0 aromatic heterocycles. The minimum atomic E-state index is -3.89. The van der Waals surface area contributed by atoms with Gasteiger partial charge in [0.15, 0.2) is 0 Å². The van der Waals surface area contributed by atoms with Crippen molar-refractivity contribution in [1.82, 2.24) is 4.72 Å². The second kappa shape index (κ2) is 6.47. The van der Waals surface area contributed by atoms with Crippen LogP contribution < -0.4 is 4.72 Å². The number of aliphatic hydroxyl groups is 1. The molecule has 2 N–H and O–H groups in total. The molecule has 0 saturated heterocycles. The molecule has 1 aromatic rings. The van der Waals surface area contributed by atoms with Gasteiger partial charge in [-0.2, -0.15) is 0 Å². The van der Waals surface area contributed by atoms with Crippen LogP contribution in [0.1, 0.15) is 13.3 Å². The van der Waals surface area contributed by atoms with Gasteiger partial charge in [-0.15, -0.1) is 0 Å². The largest absolute Gasteiger partial charge is 0.396 e. The van der Waals surface area contributed by atoms with Crippen LogP contribution in [0.2, 0.25) is 5.02 Å². The third kappa shape index (κ3) is 4.20. The van der Waals surface area contributed by atoms with Gasteiger partial charge in [-0.05, 0) is 30.5 Å². The molecule has 0 bridgehead atoms. The van der Waals surface area contributed by atoms with Gasteiger partial charge in [0.1, 0.15) is 10.7 Å². The van der Waals surface area contributed by atoms with E-state index in [4.69, 9.17) is 16.7 Å². The van der Waals surface area contributed by atoms with Crippen molar-refractivity contribution in [3.05, 3.63) is 29.0 Å². The van der Waals surface area contributed by atoms with Crippen LogP contribution in [0.3, 0.4) is 0 Å². The van der Waals surface area contributed by atoms with Gasteiger partial charge in [0.2, 0.25) is 10.0 Å². The predicted molar refractivity (Wildman–Crippen MR) is 67.5 cm³/mol. The molecule has 1 atom stereocenters. The minimum Gasteiger partial charge on any atom is -0.396 e. The molecule has 0 aliphatic rings. The Labute approximate surface area is 111 Å². The van der Waals surface area contributed by atoms with Crippen LogP contribution in [-0.4, -0.2) is 26.7 Å². The Balaban J connectivity index is 2.80. The quantitative estimate of drug-likeness (QED) is 0.840. The summed E-state index contributed by atoms with van der Waals surface area (Å²) in [5.74, 6) is -0.912. The van der Waals surface area contributed by atoms with Crippen LogP contribution in [0.5, 0.6) is 0 Å². The van der Waals surface area contributed by atoms with Crippen molar-refractivity contribution in [3.8, 4) is 0 Å². The van der Waals surface area contributed by atoms with E-state index in [9.17, 15) is 12.8 Å². The summed E-state index contributed by atoms with van der Waals surface area (Å²) in [6, 6.07) is 3.39. The van der Waals surface area contributed by atoms with Gasteiger partial charge in [-0.3, -0.25) is 0 Å². The summed E-state index contributed by atoms with van der Waals surface area (Å²) in [5.41, 5.74) is 0. The van der Waals surface area contributed by atoms with Crippen molar-refractivity contribution >= 4 is 21.6 Å². The van der Waals surface area contributed by atoms with E-state index in [-0.39, 0.29) is 24.1 Å². The molecule has 0 spiro atoms. The molecule has 0 saturated carbocycles. The minimum absolute atomic E-state index is 0.0157. The first kappa shape index (κ1) is 15.4. The number of hydrogen-bond acceptors (Lipinski definition) is 3. The third-order valence-corrected chi connectivity index (χ3v) is 4.12. The lowest BCUT2D eigenvalue weighted by molar-refractivity contribution is 0.263. The summed E-state index contributed by atoms with van der Waals surface area (Å²) in [6.07, 6.45) is 0.478. The third-order valence-electron chi connectivity index (χ3n) is 2.43. The summed E-state index contributed by atoms with van der Waals surface area (Å²) < 4.78 is 39.4. The Bertz CT molecular complexity index is 507. The first-order chi connectivity index (χ1) is 8.36. The number of benzene rings is 1. The van der Waals surface area contributed by atoms with E-state index >= 15 is 0 Å². The molecule has 7 heteroatoms. The average molecular weight is 296 g/mol. The Morgan fingerprint density at radius 1 is 1.50 bits per heavy atom. The summed E-state index contributed by atoms with van der Waals surface area (Å²) in [4.78, 5) is -0.428. The Kier molecular flexibility index (Phi) is 5.52. The van der Waals surface area contributed by atoms with E-state index in [0.717, 1.165) is 12.1 Å². The molecular weight excluding hydrogens is 281 g/mol. The highest BCUT2D eigenvalue weighted by atomic mass is 35.5. The molecule has 0 radical (unpaired) electrons. The van der Waals surface area contributed by atoms with E-state index in [1.807, 2.05) is 0 Å². The van der Waals surface area contributed by atoms with Crippen molar-refractivity contribution in [1.29, 1.82) is 0 Å². The van der Waals surface area contributed by atoms with Crippen LogP contribution >= 0.6 is 11.6 Å². The fraction of sp³-hybridized carbons (Fsp3) is 0.455. The second-order valence-electron chi connectivity index (χ2n) is 4.04. The van der Waals surface area contributed by atoms with Crippen LogP contribution in [0.4, 0.5) is 4.39 Å². The lowest BCUT2D eigenvalue weighted by Crippen LogP contribution is -2.29. The van der Waals surface area contributed by atoms with Crippen LogP contribution in [-0.2, 0) is 10.0 Å². The number of rotatable bonds is 6. The number of halogens is 2. The maximum Gasteiger partial charge on any atom is 0.243 e. The van der Waals surface area contributed by atoms with Crippen molar-refractivity contribution in [2.24, 2.45) is 5.92 Å². The Morgan fingerprint density at radius 3 is 2.72 bits per heavy atom. The van der Waals surface area contributed by atoms with E-state index in [1.54, 1.807) is 6.92 Å². The molecular formula is C11H15ClFNO3S. The Morgan fingerprint density at radius 2 is 2.17 bits per heavy atom. The number of sulfonamides is 1. The van der Waals surface area contributed by atoms with Crippen molar-refractivity contribution in [2.45, 2.75) is 18.2 Å². The number of hydrogen-bond donors (Lipinski definition) is 2. The highest BCUT2D eigenvalue weighted by Crippen LogP contribution is 2.18. The lowest BCUT2D eigenvalue weighted by atomic mass is 10.1. The van der Waals surface area contributed by atoms with Gasteiger partial charge in [0.05, 0.1) is 0 Å². The smallest absolute Gasteiger partial charge is 0.243 e. The normalized spacial score (nSPS) is 13.6. The highest BCUT2D eigenvalue weighted by Gasteiger charge is 2.19. The first-order valence-corrected chi connectivity index (χ1v) is 7.28. The Hall–Kier alpha value is -0.690. The van der Waals surface area contributed by atoms with E-state index < -0.39 is 20.7 Å². The van der Waals surface area contributed by atoms with Gasteiger partial charge in [-0.25, -0.2) is 17.5 Å².